The predicted molar refractivity (Wildman–Crippen MR) is 84.0 cm³/mol. The van der Waals surface area contributed by atoms with Crippen LogP contribution in [0.5, 0.6) is 0 Å². The Morgan fingerprint density at radius 1 is 1.42 bits per heavy atom. The molecule has 3 N–H and O–H groups in total. The lowest BCUT2D eigenvalue weighted by Gasteiger charge is -2.21. The van der Waals surface area contributed by atoms with Crippen LogP contribution in [0.15, 0.2) is 11.1 Å². The van der Waals surface area contributed by atoms with E-state index in [0.29, 0.717) is 0 Å². The summed E-state index contributed by atoms with van der Waals surface area (Å²) in [4.78, 5) is 21.8. The zero-order valence-corrected chi connectivity index (χ0v) is 14.4. The number of aromatic nitrogens is 4. The van der Waals surface area contributed by atoms with E-state index in [1.54, 1.807) is 20.8 Å². The summed E-state index contributed by atoms with van der Waals surface area (Å²) in [5.74, 6) is -0.0460. The molecule has 0 saturated heterocycles. The molecule has 0 saturated carbocycles. The summed E-state index contributed by atoms with van der Waals surface area (Å²) in [5.41, 5.74) is 4.46. The first-order chi connectivity index (χ1) is 11.1. The van der Waals surface area contributed by atoms with Crippen molar-refractivity contribution in [2.24, 2.45) is 0 Å². The summed E-state index contributed by atoms with van der Waals surface area (Å²) in [6.45, 7) is 4.33. The van der Waals surface area contributed by atoms with Gasteiger partial charge in [0.05, 0.1) is 25.1 Å². The number of hydrogen-bond acceptors (Lipinski definition) is 8. The minimum atomic E-state index is -4.64. The van der Waals surface area contributed by atoms with Crippen molar-refractivity contribution in [1.82, 2.24) is 19.5 Å². The van der Waals surface area contributed by atoms with Gasteiger partial charge in [0, 0.05) is 0 Å². The highest BCUT2D eigenvalue weighted by molar-refractivity contribution is 7.48. The second-order valence-corrected chi connectivity index (χ2v) is 7.14. The van der Waals surface area contributed by atoms with Crippen molar-refractivity contribution >= 4 is 25.0 Å². The van der Waals surface area contributed by atoms with Crippen LogP contribution in [-0.2, 0) is 25.1 Å². The number of H-pyrrole nitrogens is 1. The topological polar surface area (TPSA) is 134 Å². The Hall–Kier alpha value is -1.81. The Bertz CT molecular complexity index is 814. The minimum absolute atomic E-state index is 0.0214. The molecule has 0 aliphatic carbocycles. The highest BCUT2D eigenvalue weighted by Gasteiger charge is 2.30. The van der Waals surface area contributed by atoms with E-state index < -0.39 is 19.1 Å². The highest BCUT2D eigenvalue weighted by atomic mass is 31.2. The SMILES string of the molecule is CC(C)(C)OP(=O)(F)OCCOCn1cnc2c(=O)[nH]c(N)nc21. The van der Waals surface area contributed by atoms with Crippen molar-refractivity contribution in [2.75, 3.05) is 18.9 Å². The number of nitrogens with two attached hydrogens (primary N) is 1. The Kier molecular flexibility index (Phi) is 5.38. The van der Waals surface area contributed by atoms with Crippen LogP contribution in [0, 0.1) is 0 Å². The van der Waals surface area contributed by atoms with Crippen LogP contribution < -0.4 is 11.3 Å². The molecular weight excluding hydrogens is 344 g/mol. The highest BCUT2D eigenvalue weighted by Crippen LogP contribution is 2.52. The van der Waals surface area contributed by atoms with Gasteiger partial charge in [0.25, 0.3) is 5.56 Å². The van der Waals surface area contributed by atoms with Crippen LogP contribution in [0.2, 0.25) is 0 Å². The molecule has 0 aromatic carbocycles. The van der Waals surface area contributed by atoms with E-state index in [4.69, 9.17) is 15.0 Å². The molecule has 0 bridgehead atoms. The molecule has 0 fully saturated rings. The maximum atomic E-state index is 13.6. The van der Waals surface area contributed by atoms with Crippen LogP contribution in [0.1, 0.15) is 20.8 Å². The average Bonchev–Trinajstić information content (AvgIpc) is 2.78. The zero-order valence-electron chi connectivity index (χ0n) is 13.5. The normalized spacial score (nSPS) is 14.8. The predicted octanol–water partition coefficient (Wildman–Crippen LogP) is 1.59. The Balaban J connectivity index is 1.85. The van der Waals surface area contributed by atoms with Gasteiger partial charge in [0.1, 0.15) is 6.73 Å². The zero-order chi connectivity index (χ0) is 18.0. The van der Waals surface area contributed by atoms with Gasteiger partial charge in [-0.3, -0.25) is 23.4 Å². The van der Waals surface area contributed by atoms with Gasteiger partial charge < -0.3 is 10.5 Å². The van der Waals surface area contributed by atoms with Crippen molar-refractivity contribution in [3.8, 4) is 0 Å². The molecule has 24 heavy (non-hydrogen) atoms. The van der Waals surface area contributed by atoms with E-state index in [0.717, 1.165) is 0 Å². The van der Waals surface area contributed by atoms with E-state index in [1.807, 2.05) is 0 Å². The summed E-state index contributed by atoms with van der Waals surface area (Å²) in [6.07, 6.45) is 1.36. The molecule has 0 radical (unpaired) electrons. The molecule has 10 nitrogen and oxygen atoms in total. The van der Waals surface area contributed by atoms with Gasteiger partial charge in [-0.25, -0.2) is 9.55 Å². The minimum Gasteiger partial charge on any atom is -0.369 e. The quantitative estimate of drug-likeness (QED) is 0.559. The van der Waals surface area contributed by atoms with E-state index >= 15 is 0 Å². The van der Waals surface area contributed by atoms with Crippen LogP contribution in [0.3, 0.4) is 0 Å². The summed E-state index contributed by atoms with van der Waals surface area (Å²) in [5, 5.41) is 0. The van der Waals surface area contributed by atoms with Gasteiger partial charge >= 0.3 is 7.91 Å². The first-order valence-corrected chi connectivity index (χ1v) is 8.44. The Morgan fingerprint density at radius 2 is 2.12 bits per heavy atom. The van der Waals surface area contributed by atoms with Crippen molar-refractivity contribution < 1.29 is 22.5 Å². The molecule has 0 amide bonds. The number of imidazole rings is 1. The molecule has 2 aromatic heterocycles. The van der Waals surface area contributed by atoms with Gasteiger partial charge in [-0.15, -0.1) is 4.20 Å². The van der Waals surface area contributed by atoms with Crippen molar-refractivity contribution in [3.63, 3.8) is 0 Å². The number of halogens is 1. The van der Waals surface area contributed by atoms with Crippen LogP contribution in [0.25, 0.3) is 11.2 Å². The fourth-order valence-corrected chi connectivity index (χ4v) is 2.79. The maximum Gasteiger partial charge on any atom is 0.513 e. The lowest BCUT2D eigenvalue weighted by Crippen LogP contribution is -2.17. The molecule has 0 aliphatic rings. The number of hydrogen-bond donors (Lipinski definition) is 2. The van der Waals surface area contributed by atoms with Crippen LogP contribution >= 0.6 is 7.91 Å². The molecule has 2 rings (SSSR count). The van der Waals surface area contributed by atoms with E-state index in [9.17, 15) is 13.6 Å². The van der Waals surface area contributed by atoms with E-state index in [1.165, 1.54) is 10.9 Å². The van der Waals surface area contributed by atoms with Gasteiger partial charge in [-0.1, -0.05) is 0 Å². The second-order valence-electron chi connectivity index (χ2n) is 5.84. The van der Waals surface area contributed by atoms with E-state index in [2.05, 4.69) is 19.5 Å². The smallest absolute Gasteiger partial charge is 0.369 e. The summed E-state index contributed by atoms with van der Waals surface area (Å²) >= 11 is 0. The van der Waals surface area contributed by atoms with Gasteiger partial charge in [0.15, 0.2) is 11.2 Å². The molecule has 12 heteroatoms. The largest absolute Gasteiger partial charge is 0.513 e. The lowest BCUT2D eigenvalue weighted by molar-refractivity contribution is 0.0323. The van der Waals surface area contributed by atoms with Gasteiger partial charge in [0.2, 0.25) is 5.95 Å². The fraction of sp³-hybridized carbons (Fsp3) is 0.583. The van der Waals surface area contributed by atoms with Crippen molar-refractivity contribution in [1.29, 1.82) is 0 Å². The number of rotatable bonds is 7. The summed E-state index contributed by atoms with van der Waals surface area (Å²) in [7, 11) is -4.64. The van der Waals surface area contributed by atoms with Crippen molar-refractivity contribution in [2.45, 2.75) is 33.1 Å². The molecule has 0 aliphatic heterocycles. The molecule has 2 aromatic rings. The molecule has 0 spiro atoms. The summed E-state index contributed by atoms with van der Waals surface area (Å²) in [6, 6.07) is 0. The van der Waals surface area contributed by atoms with Gasteiger partial charge in [-0.05, 0) is 20.8 Å². The van der Waals surface area contributed by atoms with Crippen LogP contribution in [0.4, 0.5) is 10.1 Å². The third-order valence-electron chi connectivity index (χ3n) is 2.58. The number of ether oxygens (including phenoxy) is 1. The Morgan fingerprint density at radius 3 is 2.79 bits per heavy atom. The van der Waals surface area contributed by atoms with Crippen molar-refractivity contribution in [3.05, 3.63) is 16.7 Å². The number of nitrogen functional groups attached to an aromatic ring is 1. The third kappa shape index (κ3) is 5.10. The molecular formula is C12H19FN5O5P. The third-order valence-corrected chi connectivity index (χ3v) is 3.84. The number of aromatic amines is 1. The number of nitrogens with one attached hydrogen (secondary N) is 1. The maximum absolute atomic E-state index is 13.6. The summed E-state index contributed by atoms with van der Waals surface area (Å²) < 4.78 is 41.0. The standard InChI is InChI=1S/C12H19FN5O5P/c1-12(2,3)23-24(13,20)22-5-4-21-7-18-6-15-8-9(18)16-11(14)17-10(8)19/h6H,4-5,7H2,1-3H3,(H3,14,16,17,19). The molecule has 1 atom stereocenters. The molecule has 1 unspecified atom stereocenters. The molecule has 2 heterocycles. The first-order valence-electron chi connectivity index (χ1n) is 7.01. The van der Waals surface area contributed by atoms with E-state index in [-0.39, 0.29) is 37.1 Å². The lowest BCUT2D eigenvalue weighted by atomic mass is 10.2. The first kappa shape index (κ1) is 18.5. The van der Waals surface area contributed by atoms with Gasteiger partial charge in [-0.2, -0.15) is 4.98 Å². The average molecular weight is 363 g/mol. The Labute approximate surface area is 136 Å². The number of fused-ring (bicyclic) bond motifs is 1. The second kappa shape index (κ2) is 6.98. The molecule has 134 valence electrons. The fourth-order valence-electron chi connectivity index (χ4n) is 1.79. The van der Waals surface area contributed by atoms with Crippen LogP contribution in [-0.4, -0.2) is 38.3 Å². The number of nitrogens with zero attached hydrogens (tertiary/aromatic N) is 3. The monoisotopic (exact) mass is 363 g/mol. The number of anilines is 1.